The standard InChI is InChI=1S/C16H23ClFN/c1-3-6-12-9-16(10-12,11-19-4-2)15-13(17)7-5-8-14(15)18/h5,7-8,12,19H,3-4,6,9-11H2,1-2H3. The smallest absolute Gasteiger partial charge is 0.128 e. The van der Waals surface area contributed by atoms with Crippen LogP contribution in [0.25, 0.3) is 0 Å². The van der Waals surface area contributed by atoms with Gasteiger partial charge in [0.2, 0.25) is 0 Å². The summed E-state index contributed by atoms with van der Waals surface area (Å²) in [6.07, 6.45) is 4.54. The Morgan fingerprint density at radius 3 is 2.68 bits per heavy atom. The summed E-state index contributed by atoms with van der Waals surface area (Å²) in [6, 6.07) is 5.02. The van der Waals surface area contributed by atoms with Crippen LogP contribution in [0.5, 0.6) is 0 Å². The van der Waals surface area contributed by atoms with E-state index in [-0.39, 0.29) is 11.2 Å². The van der Waals surface area contributed by atoms with Crippen LogP contribution in [-0.2, 0) is 5.41 Å². The zero-order valence-electron chi connectivity index (χ0n) is 11.8. The molecule has 1 aromatic rings. The van der Waals surface area contributed by atoms with Crippen LogP contribution in [0.3, 0.4) is 0 Å². The monoisotopic (exact) mass is 283 g/mol. The fraction of sp³-hybridized carbons (Fsp3) is 0.625. The molecule has 1 aliphatic rings. The zero-order valence-corrected chi connectivity index (χ0v) is 12.6. The van der Waals surface area contributed by atoms with Crippen molar-refractivity contribution >= 4 is 11.6 Å². The van der Waals surface area contributed by atoms with Crippen LogP contribution in [0, 0.1) is 11.7 Å². The van der Waals surface area contributed by atoms with Crippen LogP contribution in [0.1, 0.15) is 45.1 Å². The maximum atomic E-state index is 14.2. The molecule has 2 rings (SSSR count). The summed E-state index contributed by atoms with van der Waals surface area (Å²) in [6.45, 7) is 6.02. The summed E-state index contributed by atoms with van der Waals surface area (Å²) in [4.78, 5) is 0. The minimum atomic E-state index is -0.152. The Hall–Kier alpha value is -0.600. The molecule has 0 aromatic heterocycles. The first-order chi connectivity index (χ1) is 9.13. The van der Waals surface area contributed by atoms with E-state index >= 15 is 0 Å². The molecule has 0 aliphatic heterocycles. The fourth-order valence-electron chi connectivity index (χ4n) is 3.46. The lowest BCUT2D eigenvalue weighted by Crippen LogP contribution is -2.49. The number of likely N-dealkylation sites (N-methyl/N-ethyl adjacent to an activating group) is 1. The van der Waals surface area contributed by atoms with Crippen molar-refractivity contribution in [3.05, 3.63) is 34.6 Å². The first-order valence-corrected chi connectivity index (χ1v) is 7.66. The molecule has 1 fully saturated rings. The lowest BCUT2D eigenvalue weighted by Gasteiger charge is -2.49. The normalized spacial score (nSPS) is 26.2. The van der Waals surface area contributed by atoms with Gasteiger partial charge in [-0.05, 0) is 37.4 Å². The average molecular weight is 284 g/mol. The van der Waals surface area contributed by atoms with Gasteiger partial charge in [0.05, 0.1) is 0 Å². The van der Waals surface area contributed by atoms with Gasteiger partial charge < -0.3 is 5.32 Å². The predicted molar refractivity (Wildman–Crippen MR) is 79.3 cm³/mol. The van der Waals surface area contributed by atoms with Crippen LogP contribution in [0.2, 0.25) is 5.02 Å². The van der Waals surface area contributed by atoms with Gasteiger partial charge in [-0.2, -0.15) is 0 Å². The molecule has 0 unspecified atom stereocenters. The fourth-order valence-corrected chi connectivity index (χ4v) is 3.83. The van der Waals surface area contributed by atoms with Gasteiger partial charge in [0, 0.05) is 22.5 Å². The second-order valence-electron chi connectivity index (χ2n) is 5.72. The first-order valence-electron chi connectivity index (χ1n) is 7.28. The molecule has 1 saturated carbocycles. The highest BCUT2D eigenvalue weighted by Crippen LogP contribution is 2.51. The third kappa shape index (κ3) is 2.95. The van der Waals surface area contributed by atoms with Crippen LogP contribution in [-0.4, -0.2) is 13.1 Å². The molecule has 1 aromatic carbocycles. The maximum absolute atomic E-state index is 14.2. The minimum Gasteiger partial charge on any atom is -0.316 e. The van der Waals surface area contributed by atoms with Gasteiger partial charge in [-0.3, -0.25) is 0 Å². The molecule has 0 heterocycles. The molecule has 0 saturated heterocycles. The number of halogens is 2. The molecule has 106 valence electrons. The molecular formula is C16H23ClFN. The van der Waals surface area contributed by atoms with Gasteiger partial charge in [-0.1, -0.05) is 44.4 Å². The third-order valence-corrected chi connectivity index (χ3v) is 4.58. The van der Waals surface area contributed by atoms with E-state index in [2.05, 4.69) is 19.2 Å². The lowest BCUT2D eigenvalue weighted by molar-refractivity contribution is 0.125. The van der Waals surface area contributed by atoms with Crippen molar-refractivity contribution in [2.24, 2.45) is 5.92 Å². The molecule has 3 heteroatoms. The van der Waals surface area contributed by atoms with E-state index in [9.17, 15) is 4.39 Å². The Kier molecular flexibility index (Phi) is 4.86. The third-order valence-electron chi connectivity index (χ3n) is 4.26. The van der Waals surface area contributed by atoms with Crippen molar-refractivity contribution in [1.82, 2.24) is 5.32 Å². The Morgan fingerprint density at radius 1 is 1.37 bits per heavy atom. The topological polar surface area (TPSA) is 12.0 Å². The van der Waals surface area contributed by atoms with E-state index in [1.807, 2.05) is 0 Å². The van der Waals surface area contributed by atoms with Gasteiger partial charge in [-0.25, -0.2) is 4.39 Å². The molecule has 0 atom stereocenters. The van der Waals surface area contributed by atoms with Crippen LogP contribution < -0.4 is 5.32 Å². The molecule has 1 aliphatic carbocycles. The summed E-state index contributed by atoms with van der Waals surface area (Å²) < 4.78 is 14.2. The van der Waals surface area contributed by atoms with Gasteiger partial charge in [-0.15, -0.1) is 0 Å². The van der Waals surface area contributed by atoms with Crippen LogP contribution in [0.4, 0.5) is 4.39 Å². The first kappa shape index (κ1) is 14.8. The van der Waals surface area contributed by atoms with Crippen molar-refractivity contribution < 1.29 is 4.39 Å². The Bertz CT molecular complexity index is 407. The van der Waals surface area contributed by atoms with Crippen molar-refractivity contribution in [2.75, 3.05) is 13.1 Å². The predicted octanol–water partition coefficient (Wildman–Crippen LogP) is 4.54. The molecule has 0 radical (unpaired) electrons. The molecule has 1 N–H and O–H groups in total. The molecule has 1 nitrogen and oxygen atoms in total. The molecular weight excluding hydrogens is 261 g/mol. The summed E-state index contributed by atoms with van der Waals surface area (Å²) in [5, 5.41) is 3.96. The summed E-state index contributed by atoms with van der Waals surface area (Å²) >= 11 is 6.26. The van der Waals surface area contributed by atoms with Crippen molar-refractivity contribution in [3.8, 4) is 0 Å². The Balaban J connectivity index is 2.24. The van der Waals surface area contributed by atoms with Gasteiger partial charge in [0.15, 0.2) is 0 Å². The van der Waals surface area contributed by atoms with Gasteiger partial charge in [0.25, 0.3) is 0 Å². The van der Waals surface area contributed by atoms with Crippen molar-refractivity contribution in [1.29, 1.82) is 0 Å². The lowest BCUT2D eigenvalue weighted by atomic mass is 9.57. The molecule has 0 amide bonds. The van der Waals surface area contributed by atoms with E-state index in [0.29, 0.717) is 5.02 Å². The number of benzene rings is 1. The van der Waals surface area contributed by atoms with Crippen molar-refractivity contribution in [2.45, 2.75) is 44.9 Å². The van der Waals surface area contributed by atoms with E-state index in [1.54, 1.807) is 12.1 Å². The SMILES string of the molecule is CCCC1CC(CNCC)(c2c(F)cccc2Cl)C1. The van der Waals surface area contributed by atoms with E-state index in [4.69, 9.17) is 11.6 Å². The molecule has 0 spiro atoms. The van der Waals surface area contributed by atoms with E-state index < -0.39 is 0 Å². The Labute approximate surface area is 120 Å². The summed E-state index contributed by atoms with van der Waals surface area (Å²) in [7, 11) is 0. The number of hydrogen-bond donors (Lipinski definition) is 1. The zero-order chi connectivity index (χ0) is 13.9. The minimum absolute atomic E-state index is 0.0989. The number of rotatable bonds is 6. The second kappa shape index (κ2) is 6.23. The molecule has 19 heavy (non-hydrogen) atoms. The summed E-state index contributed by atoms with van der Waals surface area (Å²) in [5.41, 5.74) is 0.628. The number of hydrogen-bond acceptors (Lipinski definition) is 1. The quantitative estimate of drug-likeness (QED) is 0.808. The van der Waals surface area contributed by atoms with Crippen LogP contribution in [0.15, 0.2) is 18.2 Å². The number of nitrogens with one attached hydrogen (secondary N) is 1. The molecule has 0 bridgehead atoms. The average Bonchev–Trinajstić information content (AvgIpc) is 2.33. The second-order valence-corrected chi connectivity index (χ2v) is 6.13. The van der Waals surface area contributed by atoms with Crippen LogP contribution >= 0.6 is 11.6 Å². The highest BCUT2D eigenvalue weighted by molar-refractivity contribution is 6.31. The van der Waals surface area contributed by atoms with Gasteiger partial charge >= 0.3 is 0 Å². The highest BCUT2D eigenvalue weighted by Gasteiger charge is 2.46. The van der Waals surface area contributed by atoms with E-state index in [1.165, 1.54) is 18.9 Å². The van der Waals surface area contributed by atoms with E-state index in [0.717, 1.165) is 37.4 Å². The largest absolute Gasteiger partial charge is 0.316 e. The summed E-state index contributed by atoms with van der Waals surface area (Å²) in [5.74, 6) is 0.569. The van der Waals surface area contributed by atoms with Crippen molar-refractivity contribution in [3.63, 3.8) is 0 Å². The highest BCUT2D eigenvalue weighted by atomic mass is 35.5. The Morgan fingerprint density at radius 2 is 2.11 bits per heavy atom. The maximum Gasteiger partial charge on any atom is 0.128 e. The van der Waals surface area contributed by atoms with Gasteiger partial charge in [0.1, 0.15) is 5.82 Å².